The van der Waals surface area contributed by atoms with E-state index in [2.05, 4.69) is 4.98 Å². The molecule has 0 aliphatic carbocycles. The largest absolute Gasteiger partial charge is 0.481 e. The second kappa shape index (κ2) is 3.70. The molecule has 0 radical (unpaired) electrons. The van der Waals surface area contributed by atoms with Crippen molar-refractivity contribution in [3.05, 3.63) is 22.2 Å². The van der Waals surface area contributed by atoms with Crippen LogP contribution in [0.15, 0.2) is 12.1 Å². The van der Waals surface area contributed by atoms with E-state index < -0.39 is 4.92 Å². The normalized spacial score (nSPS) is 9.38. The molecule has 0 saturated heterocycles. The molecule has 0 aliphatic heterocycles. The topological polar surface area (TPSA) is 74.5 Å². The molecule has 0 bridgehead atoms. The molecule has 1 rings (SSSR count). The summed E-state index contributed by atoms with van der Waals surface area (Å²) in [6.07, 6.45) is 0. The molecule has 0 spiro atoms. The van der Waals surface area contributed by atoms with Gasteiger partial charge in [0.25, 0.3) is 5.69 Å². The van der Waals surface area contributed by atoms with Crippen LogP contribution in [0.25, 0.3) is 0 Å². The van der Waals surface area contributed by atoms with Gasteiger partial charge in [-0.3, -0.25) is 10.1 Å². The Bertz CT molecular complexity index is 304. The number of aromatic nitrogens is 1. The Morgan fingerprint density at radius 3 is 2.08 bits per heavy atom. The van der Waals surface area contributed by atoms with E-state index >= 15 is 0 Å². The minimum absolute atomic E-state index is 0.108. The van der Waals surface area contributed by atoms with Crippen LogP contribution in [0, 0.1) is 10.1 Å². The van der Waals surface area contributed by atoms with Gasteiger partial charge in [-0.15, -0.1) is 0 Å². The molecule has 6 heteroatoms. The van der Waals surface area contributed by atoms with Gasteiger partial charge in [-0.25, -0.2) is 0 Å². The molecular formula is C7H8N2O4. The van der Waals surface area contributed by atoms with E-state index in [9.17, 15) is 10.1 Å². The highest BCUT2D eigenvalue weighted by Crippen LogP contribution is 2.22. The Morgan fingerprint density at radius 1 is 1.31 bits per heavy atom. The van der Waals surface area contributed by atoms with Crippen LogP contribution < -0.4 is 9.47 Å². The zero-order valence-corrected chi connectivity index (χ0v) is 7.18. The van der Waals surface area contributed by atoms with Gasteiger partial charge in [0.2, 0.25) is 11.8 Å². The predicted molar refractivity (Wildman–Crippen MR) is 44.0 cm³/mol. The van der Waals surface area contributed by atoms with Crippen LogP contribution in [0.4, 0.5) is 5.69 Å². The van der Waals surface area contributed by atoms with Crippen molar-refractivity contribution < 1.29 is 14.4 Å². The number of nitro groups is 1. The van der Waals surface area contributed by atoms with Gasteiger partial charge in [-0.1, -0.05) is 0 Å². The number of ether oxygens (including phenoxy) is 2. The average molecular weight is 184 g/mol. The fourth-order valence-electron chi connectivity index (χ4n) is 0.782. The first kappa shape index (κ1) is 9.24. The molecule has 0 aromatic carbocycles. The molecule has 0 unspecified atom stereocenters. The van der Waals surface area contributed by atoms with E-state index in [1.54, 1.807) is 0 Å². The Kier molecular flexibility index (Phi) is 2.63. The van der Waals surface area contributed by atoms with E-state index in [-0.39, 0.29) is 17.4 Å². The number of pyridine rings is 1. The lowest BCUT2D eigenvalue weighted by atomic mass is 10.4. The number of nitrogens with zero attached hydrogens (tertiary/aromatic N) is 2. The second-order valence-corrected chi connectivity index (χ2v) is 2.17. The maximum atomic E-state index is 10.4. The first-order valence-corrected chi connectivity index (χ1v) is 3.42. The summed E-state index contributed by atoms with van der Waals surface area (Å²) in [6.45, 7) is 0. The summed E-state index contributed by atoms with van der Waals surface area (Å²) in [5, 5.41) is 10.4. The Labute approximate surface area is 74.3 Å². The fraction of sp³-hybridized carbons (Fsp3) is 0.286. The van der Waals surface area contributed by atoms with Crippen LogP contribution in [0.5, 0.6) is 11.8 Å². The van der Waals surface area contributed by atoms with Crippen molar-refractivity contribution in [2.45, 2.75) is 0 Å². The molecule has 0 aliphatic rings. The van der Waals surface area contributed by atoms with Gasteiger partial charge in [0, 0.05) is 0 Å². The molecular weight excluding hydrogens is 176 g/mol. The molecule has 0 saturated carbocycles. The summed E-state index contributed by atoms with van der Waals surface area (Å²) in [6, 6.07) is 2.45. The Morgan fingerprint density at radius 2 is 1.77 bits per heavy atom. The molecule has 0 fully saturated rings. The lowest BCUT2D eigenvalue weighted by Gasteiger charge is -2.01. The number of hydrogen-bond donors (Lipinski definition) is 0. The summed E-state index contributed by atoms with van der Waals surface area (Å²) >= 11 is 0. The van der Waals surface area contributed by atoms with Crippen molar-refractivity contribution in [1.82, 2.24) is 4.98 Å². The van der Waals surface area contributed by atoms with Crippen molar-refractivity contribution in [2.75, 3.05) is 14.2 Å². The molecule has 0 N–H and O–H groups in total. The van der Waals surface area contributed by atoms with E-state index in [0.717, 1.165) is 0 Å². The molecule has 13 heavy (non-hydrogen) atoms. The van der Waals surface area contributed by atoms with Gasteiger partial charge >= 0.3 is 0 Å². The minimum atomic E-state index is -0.535. The molecule has 0 atom stereocenters. The highest BCUT2D eigenvalue weighted by atomic mass is 16.6. The molecule has 1 heterocycles. The lowest BCUT2D eigenvalue weighted by molar-refractivity contribution is -0.385. The van der Waals surface area contributed by atoms with Gasteiger partial charge in [0.1, 0.15) is 0 Å². The molecule has 1 aromatic rings. The zero-order valence-electron chi connectivity index (χ0n) is 7.18. The van der Waals surface area contributed by atoms with Gasteiger partial charge in [-0.05, 0) is 0 Å². The fourth-order valence-corrected chi connectivity index (χ4v) is 0.782. The average Bonchev–Trinajstić information content (AvgIpc) is 2.16. The van der Waals surface area contributed by atoms with Crippen LogP contribution in [0.2, 0.25) is 0 Å². The SMILES string of the molecule is COc1cc([N+](=O)[O-])cc(OC)n1. The summed E-state index contributed by atoms with van der Waals surface area (Å²) < 4.78 is 9.50. The highest BCUT2D eigenvalue weighted by Gasteiger charge is 2.11. The highest BCUT2D eigenvalue weighted by molar-refractivity contribution is 5.38. The van der Waals surface area contributed by atoms with Crippen LogP contribution in [-0.4, -0.2) is 24.1 Å². The Hall–Kier alpha value is -1.85. The van der Waals surface area contributed by atoms with Crippen LogP contribution in [0.1, 0.15) is 0 Å². The first-order valence-electron chi connectivity index (χ1n) is 3.42. The van der Waals surface area contributed by atoms with Crippen molar-refractivity contribution in [2.24, 2.45) is 0 Å². The van der Waals surface area contributed by atoms with E-state index in [1.165, 1.54) is 26.4 Å². The maximum absolute atomic E-state index is 10.4. The molecule has 70 valence electrons. The summed E-state index contributed by atoms with van der Waals surface area (Å²) in [4.78, 5) is 13.7. The summed E-state index contributed by atoms with van der Waals surface area (Å²) in [5.74, 6) is 0.317. The van der Waals surface area contributed by atoms with Gasteiger partial charge < -0.3 is 9.47 Å². The zero-order chi connectivity index (χ0) is 9.84. The van der Waals surface area contributed by atoms with Gasteiger partial charge in [-0.2, -0.15) is 4.98 Å². The van der Waals surface area contributed by atoms with E-state index in [4.69, 9.17) is 9.47 Å². The van der Waals surface area contributed by atoms with Crippen LogP contribution in [-0.2, 0) is 0 Å². The molecule has 1 aromatic heterocycles. The second-order valence-electron chi connectivity index (χ2n) is 2.17. The standard InChI is InChI=1S/C7H8N2O4/c1-12-6-3-5(9(10)11)4-7(8-6)13-2/h3-4H,1-2H3. The van der Waals surface area contributed by atoms with E-state index in [1.807, 2.05) is 0 Å². The first-order chi connectivity index (χ1) is 6.17. The van der Waals surface area contributed by atoms with Gasteiger partial charge in [0.15, 0.2) is 0 Å². The van der Waals surface area contributed by atoms with E-state index in [0.29, 0.717) is 0 Å². The predicted octanol–water partition coefficient (Wildman–Crippen LogP) is 1.01. The quantitative estimate of drug-likeness (QED) is 0.517. The van der Waals surface area contributed by atoms with Crippen molar-refractivity contribution in [3.63, 3.8) is 0 Å². The third kappa shape index (κ3) is 2.05. The number of rotatable bonds is 3. The third-order valence-corrected chi connectivity index (χ3v) is 1.39. The van der Waals surface area contributed by atoms with Gasteiger partial charge in [0.05, 0.1) is 31.3 Å². The Balaban J connectivity index is 3.14. The molecule has 0 amide bonds. The van der Waals surface area contributed by atoms with Crippen molar-refractivity contribution in [3.8, 4) is 11.8 Å². The third-order valence-electron chi connectivity index (χ3n) is 1.39. The summed E-state index contributed by atoms with van der Waals surface area (Å²) in [5.41, 5.74) is -0.108. The van der Waals surface area contributed by atoms with Crippen LogP contribution >= 0.6 is 0 Å². The molecule has 6 nitrogen and oxygen atoms in total. The number of hydrogen-bond acceptors (Lipinski definition) is 5. The summed E-state index contributed by atoms with van der Waals surface area (Å²) in [7, 11) is 2.76. The minimum Gasteiger partial charge on any atom is -0.481 e. The van der Waals surface area contributed by atoms with Crippen molar-refractivity contribution >= 4 is 5.69 Å². The monoisotopic (exact) mass is 184 g/mol. The van der Waals surface area contributed by atoms with Crippen molar-refractivity contribution in [1.29, 1.82) is 0 Å². The smallest absolute Gasteiger partial charge is 0.280 e. The lowest BCUT2D eigenvalue weighted by Crippen LogP contribution is -1.95. The maximum Gasteiger partial charge on any atom is 0.280 e. The van der Waals surface area contributed by atoms with Crippen LogP contribution in [0.3, 0.4) is 0 Å². The number of methoxy groups -OCH3 is 2.